The lowest BCUT2D eigenvalue weighted by atomic mass is 10.0. The normalized spacial score (nSPS) is 11.7. The van der Waals surface area contributed by atoms with Gasteiger partial charge in [-0.15, -0.1) is 0 Å². The summed E-state index contributed by atoms with van der Waals surface area (Å²) in [5.74, 6) is 1.10. The molecule has 0 bridgehead atoms. The zero-order valence-electron chi connectivity index (χ0n) is 21.2. The quantitative estimate of drug-likeness (QED) is 0.197. The van der Waals surface area contributed by atoms with Crippen LogP contribution in [-0.4, -0.2) is 43.9 Å². The molecule has 0 saturated carbocycles. The molecule has 2 N–H and O–H groups in total. The van der Waals surface area contributed by atoms with E-state index in [9.17, 15) is 9.59 Å². The number of amides is 2. The van der Waals surface area contributed by atoms with Crippen molar-refractivity contribution in [2.45, 2.75) is 40.2 Å². The van der Waals surface area contributed by atoms with Crippen molar-refractivity contribution >= 4 is 34.0 Å². The zero-order valence-corrected chi connectivity index (χ0v) is 22.8. The first kappa shape index (κ1) is 28.9. The van der Waals surface area contributed by atoms with Crippen LogP contribution < -0.4 is 25.0 Å². The summed E-state index contributed by atoms with van der Waals surface area (Å²) in [6.45, 7) is 12.0. The third-order valence-corrected chi connectivity index (χ3v) is 5.47. The number of hydrogen-bond acceptors (Lipinski definition) is 6. The van der Waals surface area contributed by atoms with Gasteiger partial charge >= 0.3 is 0 Å². The topological polar surface area (TPSA) is 98.2 Å². The van der Waals surface area contributed by atoms with Gasteiger partial charge < -0.3 is 19.5 Å². The van der Waals surface area contributed by atoms with Gasteiger partial charge in [-0.05, 0) is 71.4 Å². The standard InChI is InChI=1S/C27H34BrN3O5/c1-6-12-35-26-21(28)14-20(15-24(26)34-7-2)16-29-31-27(33)22(13-18(3)4)30-25(32)17-36-23-11-9-8-10-19(23)5/h6,8-11,14-16,18,22H,1,7,12-13,17H2,2-5H3,(H,30,32)(H,31,33)/b29-16-/t22-/m0/s1. The van der Waals surface area contributed by atoms with Crippen molar-refractivity contribution in [1.29, 1.82) is 0 Å². The molecule has 0 saturated heterocycles. The Morgan fingerprint density at radius 1 is 1.14 bits per heavy atom. The summed E-state index contributed by atoms with van der Waals surface area (Å²) in [4.78, 5) is 25.3. The molecule has 0 spiro atoms. The van der Waals surface area contributed by atoms with E-state index in [0.29, 0.717) is 46.9 Å². The molecule has 2 aromatic rings. The molecule has 2 aromatic carbocycles. The van der Waals surface area contributed by atoms with Crippen LogP contribution in [0.1, 0.15) is 38.3 Å². The van der Waals surface area contributed by atoms with Gasteiger partial charge in [0.25, 0.3) is 11.8 Å². The monoisotopic (exact) mass is 559 g/mol. The molecule has 9 heteroatoms. The van der Waals surface area contributed by atoms with Crippen molar-refractivity contribution in [3.05, 3.63) is 64.7 Å². The van der Waals surface area contributed by atoms with Crippen molar-refractivity contribution in [3.8, 4) is 17.2 Å². The first-order chi connectivity index (χ1) is 17.2. The second-order valence-electron chi connectivity index (χ2n) is 8.40. The fourth-order valence-corrected chi connectivity index (χ4v) is 3.83. The molecule has 0 aromatic heterocycles. The number of benzene rings is 2. The van der Waals surface area contributed by atoms with Gasteiger partial charge in [0.1, 0.15) is 18.4 Å². The molecule has 0 heterocycles. The third kappa shape index (κ3) is 9.37. The first-order valence-electron chi connectivity index (χ1n) is 11.8. The van der Waals surface area contributed by atoms with E-state index in [1.54, 1.807) is 24.3 Å². The molecular weight excluding hydrogens is 526 g/mol. The van der Waals surface area contributed by atoms with Crippen LogP contribution in [0.5, 0.6) is 17.2 Å². The second kappa shape index (κ2) is 14.9. The Labute approximate surface area is 221 Å². The predicted molar refractivity (Wildman–Crippen MR) is 145 cm³/mol. The second-order valence-corrected chi connectivity index (χ2v) is 9.26. The summed E-state index contributed by atoms with van der Waals surface area (Å²) >= 11 is 3.48. The van der Waals surface area contributed by atoms with Gasteiger partial charge in [-0.25, -0.2) is 5.43 Å². The Bertz CT molecular complexity index is 1070. The number of ether oxygens (including phenoxy) is 3. The number of hydrazone groups is 1. The van der Waals surface area contributed by atoms with Crippen molar-refractivity contribution in [3.63, 3.8) is 0 Å². The highest BCUT2D eigenvalue weighted by Gasteiger charge is 2.22. The lowest BCUT2D eigenvalue weighted by Crippen LogP contribution is -2.47. The molecule has 0 fully saturated rings. The minimum Gasteiger partial charge on any atom is -0.490 e. The van der Waals surface area contributed by atoms with Crippen molar-refractivity contribution < 1.29 is 23.8 Å². The van der Waals surface area contributed by atoms with Crippen LogP contribution in [0.4, 0.5) is 0 Å². The largest absolute Gasteiger partial charge is 0.490 e. The van der Waals surface area contributed by atoms with Crippen molar-refractivity contribution in [2.24, 2.45) is 11.0 Å². The number of nitrogens with zero attached hydrogens (tertiary/aromatic N) is 1. The average Bonchev–Trinajstić information content (AvgIpc) is 2.82. The Morgan fingerprint density at radius 2 is 1.89 bits per heavy atom. The van der Waals surface area contributed by atoms with Crippen LogP contribution in [0.2, 0.25) is 0 Å². The van der Waals surface area contributed by atoms with E-state index in [1.165, 1.54) is 6.21 Å². The molecule has 1 atom stereocenters. The fourth-order valence-electron chi connectivity index (χ4n) is 3.26. The van der Waals surface area contributed by atoms with E-state index in [-0.39, 0.29) is 18.4 Å². The van der Waals surface area contributed by atoms with E-state index in [1.807, 2.05) is 45.9 Å². The lowest BCUT2D eigenvalue weighted by Gasteiger charge is -2.19. The Hall–Kier alpha value is -3.33. The maximum atomic E-state index is 12.8. The summed E-state index contributed by atoms with van der Waals surface area (Å²) in [6.07, 6.45) is 3.60. The summed E-state index contributed by atoms with van der Waals surface area (Å²) in [7, 11) is 0. The number of carbonyl (C=O) groups is 2. The maximum Gasteiger partial charge on any atom is 0.262 e. The molecule has 0 aliphatic carbocycles. The van der Waals surface area contributed by atoms with Gasteiger partial charge in [0.2, 0.25) is 0 Å². The molecule has 0 unspecified atom stereocenters. The van der Waals surface area contributed by atoms with Crippen LogP contribution in [0.15, 0.2) is 58.6 Å². The van der Waals surface area contributed by atoms with Gasteiger partial charge in [-0.3, -0.25) is 9.59 Å². The molecule has 0 aliphatic rings. The van der Waals surface area contributed by atoms with E-state index in [2.05, 4.69) is 38.4 Å². The summed E-state index contributed by atoms with van der Waals surface area (Å²) in [6, 6.07) is 10.2. The van der Waals surface area contributed by atoms with Crippen LogP contribution in [-0.2, 0) is 9.59 Å². The first-order valence-corrected chi connectivity index (χ1v) is 12.5. The molecule has 194 valence electrons. The molecule has 0 aliphatic heterocycles. The highest BCUT2D eigenvalue weighted by atomic mass is 79.9. The number of hydrogen-bond donors (Lipinski definition) is 2. The van der Waals surface area contributed by atoms with Crippen LogP contribution in [0, 0.1) is 12.8 Å². The van der Waals surface area contributed by atoms with Gasteiger partial charge in [-0.1, -0.05) is 44.7 Å². The highest BCUT2D eigenvalue weighted by Crippen LogP contribution is 2.36. The minimum absolute atomic E-state index is 0.176. The number of carbonyl (C=O) groups excluding carboxylic acids is 2. The summed E-state index contributed by atoms with van der Waals surface area (Å²) in [5, 5.41) is 6.82. The van der Waals surface area contributed by atoms with Crippen molar-refractivity contribution in [1.82, 2.24) is 10.7 Å². The maximum absolute atomic E-state index is 12.8. The summed E-state index contributed by atoms with van der Waals surface area (Å²) < 4.78 is 17.6. The zero-order chi connectivity index (χ0) is 26.5. The van der Waals surface area contributed by atoms with Crippen LogP contribution in [0.25, 0.3) is 0 Å². The fraction of sp³-hybridized carbons (Fsp3) is 0.370. The van der Waals surface area contributed by atoms with E-state index >= 15 is 0 Å². The minimum atomic E-state index is -0.754. The average molecular weight is 560 g/mol. The van der Waals surface area contributed by atoms with Gasteiger partial charge in [0, 0.05) is 0 Å². The third-order valence-electron chi connectivity index (χ3n) is 4.88. The SMILES string of the molecule is C=CCOc1c(Br)cc(/C=N\NC(=O)[C@H](CC(C)C)NC(=O)COc2ccccc2C)cc1OCC. The predicted octanol–water partition coefficient (Wildman–Crippen LogP) is 4.78. The van der Waals surface area contributed by atoms with Gasteiger partial charge in [0.05, 0.1) is 17.3 Å². The number of halogens is 1. The smallest absolute Gasteiger partial charge is 0.262 e. The summed E-state index contributed by atoms with van der Waals surface area (Å²) in [5.41, 5.74) is 4.13. The molecule has 2 rings (SSSR count). The Kier molecular flexibility index (Phi) is 12.0. The number of nitrogens with one attached hydrogen (secondary N) is 2. The van der Waals surface area contributed by atoms with E-state index < -0.39 is 11.9 Å². The van der Waals surface area contributed by atoms with E-state index in [0.717, 1.165) is 5.56 Å². The van der Waals surface area contributed by atoms with Crippen LogP contribution >= 0.6 is 15.9 Å². The Balaban J connectivity index is 2.03. The molecule has 2 amide bonds. The molecule has 8 nitrogen and oxygen atoms in total. The molecule has 0 radical (unpaired) electrons. The lowest BCUT2D eigenvalue weighted by molar-refractivity contribution is -0.130. The number of aryl methyl sites for hydroxylation is 1. The number of para-hydroxylation sites is 1. The van der Waals surface area contributed by atoms with Crippen molar-refractivity contribution in [2.75, 3.05) is 19.8 Å². The highest BCUT2D eigenvalue weighted by molar-refractivity contribution is 9.10. The number of rotatable bonds is 14. The molecule has 36 heavy (non-hydrogen) atoms. The van der Waals surface area contributed by atoms with Gasteiger partial charge in [0.15, 0.2) is 18.1 Å². The molecular formula is C27H34BrN3O5. The Morgan fingerprint density at radius 3 is 2.56 bits per heavy atom. The van der Waals surface area contributed by atoms with Gasteiger partial charge in [-0.2, -0.15) is 5.10 Å². The van der Waals surface area contributed by atoms with E-state index in [4.69, 9.17) is 14.2 Å². The van der Waals surface area contributed by atoms with Crippen LogP contribution in [0.3, 0.4) is 0 Å².